The molecule has 0 fully saturated rings. The Morgan fingerprint density at radius 2 is 2.39 bits per heavy atom. The van der Waals surface area contributed by atoms with E-state index in [0.717, 1.165) is 5.52 Å². The van der Waals surface area contributed by atoms with Crippen LogP contribution in [0.25, 0.3) is 11.1 Å². The van der Waals surface area contributed by atoms with Gasteiger partial charge in [0.2, 0.25) is 5.91 Å². The van der Waals surface area contributed by atoms with Gasteiger partial charge in [-0.1, -0.05) is 11.8 Å². The minimum atomic E-state index is 0.0466. The van der Waals surface area contributed by atoms with E-state index in [2.05, 4.69) is 10.3 Å². The molecule has 0 spiro atoms. The van der Waals surface area contributed by atoms with E-state index in [9.17, 15) is 4.79 Å². The van der Waals surface area contributed by atoms with Crippen LogP contribution in [0.3, 0.4) is 0 Å². The van der Waals surface area contributed by atoms with Crippen LogP contribution in [0, 0.1) is 0 Å². The largest absolute Gasteiger partial charge is 0.431 e. The molecule has 18 heavy (non-hydrogen) atoms. The molecule has 0 radical (unpaired) electrons. The van der Waals surface area contributed by atoms with E-state index >= 15 is 0 Å². The molecule has 0 unspecified atom stereocenters. The summed E-state index contributed by atoms with van der Waals surface area (Å²) in [5, 5.41) is 3.32. The molecule has 6 heteroatoms. The summed E-state index contributed by atoms with van der Waals surface area (Å²) < 4.78 is 5.53. The molecular formula is C12H15N3O2S. The van der Waals surface area contributed by atoms with Crippen molar-refractivity contribution in [1.82, 2.24) is 10.3 Å². The first-order valence-electron chi connectivity index (χ1n) is 5.74. The summed E-state index contributed by atoms with van der Waals surface area (Å²) in [6, 6.07) is 5.34. The third kappa shape index (κ3) is 3.16. The average Bonchev–Trinajstić information content (AvgIpc) is 2.71. The first-order chi connectivity index (χ1) is 8.69. The third-order valence-corrected chi connectivity index (χ3v) is 3.15. The lowest BCUT2D eigenvalue weighted by Crippen LogP contribution is -2.22. The number of hydrogen-bond donors (Lipinski definition) is 2. The number of nitrogens with two attached hydrogens (primary N) is 1. The number of carbonyl (C=O) groups excluding carboxylic acids is 1. The third-order valence-electron chi connectivity index (χ3n) is 2.32. The number of fused-ring (bicyclic) bond motifs is 1. The first kappa shape index (κ1) is 12.8. The molecule has 0 bridgehead atoms. The Morgan fingerprint density at radius 3 is 3.17 bits per heavy atom. The highest BCUT2D eigenvalue weighted by molar-refractivity contribution is 7.99. The van der Waals surface area contributed by atoms with Crippen molar-refractivity contribution in [2.75, 3.05) is 18.0 Å². The van der Waals surface area contributed by atoms with Gasteiger partial charge in [-0.15, -0.1) is 0 Å². The van der Waals surface area contributed by atoms with Gasteiger partial charge in [0.05, 0.1) is 0 Å². The van der Waals surface area contributed by atoms with Crippen LogP contribution >= 0.6 is 11.8 Å². The number of rotatable bonds is 5. The van der Waals surface area contributed by atoms with Gasteiger partial charge in [0.15, 0.2) is 5.58 Å². The molecule has 96 valence electrons. The van der Waals surface area contributed by atoms with E-state index in [-0.39, 0.29) is 5.91 Å². The number of carbonyl (C=O) groups is 1. The fourth-order valence-corrected chi connectivity index (χ4v) is 2.28. The number of amides is 1. The summed E-state index contributed by atoms with van der Waals surface area (Å²) in [6.45, 7) is 2.56. The van der Waals surface area contributed by atoms with Crippen LogP contribution in [0.2, 0.25) is 0 Å². The highest BCUT2D eigenvalue weighted by atomic mass is 32.2. The van der Waals surface area contributed by atoms with Gasteiger partial charge in [0, 0.05) is 24.4 Å². The second-order valence-corrected chi connectivity index (χ2v) is 4.81. The molecule has 2 rings (SSSR count). The van der Waals surface area contributed by atoms with E-state index in [0.29, 0.717) is 35.2 Å². The maximum atomic E-state index is 11.3. The van der Waals surface area contributed by atoms with Crippen molar-refractivity contribution >= 4 is 34.5 Å². The number of nitrogens with one attached hydrogen (secondary N) is 1. The Bertz CT molecular complexity index is 553. The SMILES string of the molecule is CCNC(=O)CCSc1nc2cc(N)ccc2o1. The van der Waals surface area contributed by atoms with Gasteiger partial charge in [-0.25, -0.2) is 4.98 Å². The predicted molar refractivity (Wildman–Crippen MR) is 72.4 cm³/mol. The zero-order valence-corrected chi connectivity index (χ0v) is 10.9. The molecule has 1 aromatic heterocycles. The van der Waals surface area contributed by atoms with Gasteiger partial charge in [-0.3, -0.25) is 4.79 Å². The Morgan fingerprint density at radius 1 is 1.56 bits per heavy atom. The van der Waals surface area contributed by atoms with Gasteiger partial charge in [-0.05, 0) is 25.1 Å². The molecule has 1 heterocycles. The van der Waals surface area contributed by atoms with E-state index < -0.39 is 0 Å². The lowest BCUT2D eigenvalue weighted by atomic mass is 10.3. The van der Waals surface area contributed by atoms with Crippen LogP contribution in [0.4, 0.5) is 5.69 Å². The highest BCUT2D eigenvalue weighted by Crippen LogP contribution is 2.25. The number of thioether (sulfide) groups is 1. The normalized spacial score (nSPS) is 10.7. The van der Waals surface area contributed by atoms with Crippen LogP contribution in [0.15, 0.2) is 27.8 Å². The quantitative estimate of drug-likeness (QED) is 0.638. The van der Waals surface area contributed by atoms with Crippen LogP contribution < -0.4 is 11.1 Å². The van der Waals surface area contributed by atoms with Gasteiger partial charge in [0.25, 0.3) is 5.22 Å². The Balaban J connectivity index is 1.94. The van der Waals surface area contributed by atoms with Gasteiger partial charge >= 0.3 is 0 Å². The number of nitrogen functional groups attached to an aromatic ring is 1. The predicted octanol–water partition coefficient (Wildman–Crippen LogP) is 2.03. The van der Waals surface area contributed by atoms with Crippen LogP contribution in [-0.4, -0.2) is 23.2 Å². The van der Waals surface area contributed by atoms with Crippen molar-refractivity contribution < 1.29 is 9.21 Å². The number of oxazole rings is 1. The first-order valence-corrected chi connectivity index (χ1v) is 6.73. The Labute approximate surface area is 109 Å². The van der Waals surface area contributed by atoms with E-state index in [4.69, 9.17) is 10.2 Å². The summed E-state index contributed by atoms with van der Waals surface area (Å²) in [5.74, 6) is 0.694. The molecule has 0 aliphatic rings. The number of aromatic nitrogens is 1. The summed E-state index contributed by atoms with van der Waals surface area (Å²) >= 11 is 1.43. The highest BCUT2D eigenvalue weighted by Gasteiger charge is 2.07. The molecular weight excluding hydrogens is 250 g/mol. The zero-order chi connectivity index (χ0) is 13.0. The molecule has 1 aromatic carbocycles. The molecule has 0 atom stereocenters. The average molecular weight is 265 g/mol. The maximum absolute atomic E-state index is 11.3. The van der Waals surface area contributed by atoms with Crippen molar-refractivity contribution in [2.24, 2.45) is 0 Å². The lowest BCUT2D eigenvalue weighted by Gasteiger charge is -1.99. The zero-order valence-electron chi connectivity index (χ0n) is 10.1. The summed E-state index contributed by atoms with van der Waals surface area (Å²) in [6.07, 6.45) is 0.458. The minimum absolute atomic E-state index is 0.0466. The summed E-state index contributed by atoms with van der Waals surface area (Å²) in [5.41, 5.74) is 7.79. The number of hydrogen-bond acceptors (Lipinski definition) is 5. The lowest BCUT2D eigenvalue weighted by molar-refractivity contribution is -0.120. The molecule has 0 saturated carbocycles. The molecule has 3 N–H and O–H groups in total. The van der Waals surface area contributed by atoms with Crippen LogP contribution in [0.1, 0.15) is 13.3 Å². The van der Waals surface area contributed by atoms with Crippen molar-refractivity contribution in [2.45, 2.75) is 18.6 Å². The Hall–Kier alpha value is -1.69. The molecule has 0 aliphatic carbocycles. The van der Waals surface area contributed by atoms with Crippen molar-refractivity contribution in [3.05, 3.63) is 18.2 Å². The standard InChI is InChI=1S/C12H15N3O2S/c1-2-14-11(16)5-6-18-12-15-9-7-8(13)3-4-10(9)17-12/h3-4,7H,2,5-6,13H2,1H3,(H,14,16). The maximum Gasteiger partial charge on any atom is 0.256 e. The van der Waals surface area contributed by atoms with E-state index in [1.807, 2.05) is 6.92 Å². The van der Waals surface area contributed by atoms with Crippen molar-refractivity contribution in [1.29, 1.82) is 0 Å². The summed E-state index contributed by atoms with van der Waals surface area (Å²) in [7, 11) is 0. The topological polar surface area (TPSA) is 81.2 Å². The molecule has 0 saturated heterocycles. The Kier molecular flexibility index (Phi) is 4.09. The fourth-order valence-electron chi connectivity index (χ4n) is 1.50. The smallest absolute Gasteiger partial charge is 0.256 e. The molecule has 2 aromatic rings. The monoisotopic (exact) mass is 265 g/mol. The number of benzene rings is 1. The van der Waals surface area contributed by atoms with Crippen LogP contribution in [-0.2, 0) is 4.79 Å². The molecule has 5 nitrogen and oxygen atoms in total. The molecule has 1 amide bonds. The van der Waals surface area contributed by atoms with Gasteiger partial charge in [0.1, 0.15) is 5.52 Å². The van der Waals surface area contributed by atoms with Gasteiger partial charge < -0.3 is 15.5 Å². The second kappa shape index (κ2) is 5.77. The number of nitrogens with zero attached hydrogens (tertiary/aromatic N) is 1. The number of anilines is 1. The van der Waals surface area contributed by atoms with Crippen molar-refractivity contribution in [3.63, 3.8) is 0 Å². The van der Waals surface area contributed by atoms with Crippen molar-refractivity contribution in [3.8, 4) is 0 Å². The van der Waals surface area contributed by atoms with Gasteiger partial charge in [-0.2, -0.15) is 0 Å². The summed E-state index contributed by atoms with van der Waals surface area (Å²) in [4.78, 5) is 15.6. The minimum Gasteiger partial charge on any atom is -0.431 e. The second-order valence-electron chi connectivity index (χ2n) is 3.76. The molecule has 0 aliphatic heterocycles. The van der Waals surface area contributed by atoms with E-state index in [1.165, 1.54) is 11.8 Å². The van der Waals surface area contributed by atoms with Crippen LogP contribution in [0.5, 0.6) is 0 Å². The van der Waals surface area contributed by atoms with E-state index in [1.54, 1.807) is 18.2 Å². The fraction of sp³-hybridized carbons (Fsp3) is 0.333.